The minimum Gasteiger partial charge on any atom is -0.328 e. The smallest absolute Gasteiger partial charge is 0.0991 e. The lowest BCUT2D eigenvalue weighted by Gasteiger charge is -2.26. The lowest BCUT2D eigenvalue weighted by Crippen LogP contribution is -2.32. The largest absolute Gasteiger partial charge is 0.328 e. The highest BCUT2D eigenvalue weighted by molar-refractivity contribution is 5.32. The van der Waals surface area contributed by atoms with Gasteiger partial charge in [-0.25, -0.2) is 0 Å². The molecule has 0 radical (unpaired) electrons. The summed E-state index contributed by atoms with van der Waals surface area (Å²) in [6.07, 6.45) is 8.41. The zero-order valence-electron chi connectivity index (χ0n) is 12.9. The second-order valence-corrected chi connectivity index (χ2v) is 6.25. The van der Waals surface area contributed by atoms with Crippen LogP contribution in [-0.4, -0.2) is 19.1 Å². The van der Waals surface area contributed by atoms with Crippen molar-refractivity contribution in [2.24, 2.45) is 11.7 Å². The van der Waals surface area contributed by atoms with Gasteiger partial charge in [-0.05, 0) is 81.6 Å². The fourth-order valence-corrected chi connectivity index (χ4v) is 3.07. The fraction of sp³-hybridized carbons (Fsp3) is 0.611. The van der Waals surface area contributed by atoms with Crippen LogP contribution < -0.4 is 11.1 Å². The molecule has 0 saturated heterocycles. The predicted octanol–water partition coefficient (Wildman–Crippen LogP) is 2.99. The van der Waals surface area contributed by atoms with Crippen molar-refractivity contribution in [1.82, 2.24) is 5.32 Å². The first-order valence-electron chi connectivity index (χ1n) is 8.23. The van der Waals surface area contributed by atoms with E-state index in [2.05, 4.69) is 17.5 Å². The van der Waals surface area contributed by atoms with Crippen LogP contribution >= 0.6 is 0 Å². The molecular formula is C18H27N3. The second-order valence-electron chi connectivity index (χ2n) is 6.25. The van der Waals surface area contributed by atoms with E-state index in [-0.39, 0.29) is 0 Å². The van der Waals surface area contributed by atoms with Crippen molar-refractivity contribution in [1.29, 1.82) is 5.26 Å². The first-order valence-corrected chi connectivity index (χ1v) is 8.23. The number of hydrogen-bond donors (Lipinski definition) is 2. The van der Waals surface area contributed by atoms with Gasteiger partial charge in [-0.3, -0.25) is 0 Å². The molecule has 1 fully saturated rings. The molecule has 1 saturated carbocycles. The van der Waals surface area contributed by atoms with Crippen LogP contribution in [0, 0.1) is 17.2 Å². The van der Waals surface area contributed by atoms with Gasteiger partial charge in [0.1, 0.15) is 0 Å². The van der Waals surface area contributed by atoms with Crippen LogP contribution in [0.1, 0.15) is 49.7 Å². The summed E-state index contributed by atoms with van der Waals surface area (Å²) in [5.41, 5.74) is 7.97. The van der Waals surface area contributed by atoms with E-state index in [1.807, 2.05) is 18.2 Å². The summed E-state index contributed by atoms with van der Waals surface area (Å²) >= 11 is 0. The van der Waals surface area contributed by atoms with Gasteiger partial charge in [-0.2, -0.15) is 5.26 Å². The van der Waals surface area contributed by atoms with Crippen LogP contribution in [0.25, 0.3) is 0 Å². The Hall–Kier alpha value is -1.37. The van der Waals surface area contributed by atoms with Gasteiger partial charge in [-0.1, -0.05) is 12.1 Å². The first kappa shape index (κ1) is 16.0. The minimum absolute atomic E-state index is 0.449. The Kier molecular flexibility index (Phi) is 6.72. The molecule has 0 atom stereocenters. The number of unbranched alkanes of at least 4 members (excludes halogenated alkanes) is 1. The van der Waals surface area contributed by atoms with Crippen LogP contribution in [0.3, 0.4) is 0 Å². The molecule has 0 aromatic heterocycles. The highest BCUT2D eigenvalue weighted by Crippen LogP contribution is 2.22. The number of nitrogens with two attached hydrogens (primary N) is 1. The van der Waals surface area contributed by atoms with Crippen LogP contribution in [-0.2, 0) is 6.42 Å². The highest BCUT2D eigenvalue weighted by Gasteiger charge is 2.17. The summed E-state index contributed by atoms with van der Waals surface area (Å²) in [7, 11) is 0. The van der Waals surface area contributed by atoms with E-state index >= 15 is 0 Å². The van der Waals surface area contributed by atoms with Gasteiger partial charge in [0.15, 0.2) is 0 Å². The van der Waals surface area contributed by atoms with Crippen molar-refractivity contribution < 1.29 is 0 Å². The van der Waals surface area contributed by atoms with Crippen LogP contribution in [0.2, 0.25) is 0 Å². The number of nitrogens with zero attached hydrogens (tertiary/aromatic N) is 1. The Morgan fingerprint density at radius 2 is 2.00 bits per heavy atom. The summed E-state index contributed by atoms with van der Waals surface area (Å²) in [5.74, 6) is 0.831. The lowest BCUT2D eigenvalue weighted by atomic mass is 9.86. The van der Waals surface area contributed by atoms with Gasteiger partial charge in [0.2, 0.25) is 0 Å². The summed E-state index contributed by atoms with van der Waals surface area (Å²) in [5, 5.41) is 12.5. The van der Waals surface area contributed by atoms with Gasteiger partial charge >= 0.3 is 0 Å². The van der Waals surface area contributed by atoms with Gasteiger partial charge in [0, 0.05) is 6.04 Å². The van der Waals surface area contributed by atoms with E-state index in [4.69, 9.17) is 11.0 Å². The molecule has 3 N–H and O–H groups in total. The Bertz CT molecular complexity index is 456. The van der Waals surface area contributed by atoms with Gasteiger partial charge in [-0.15, -0.1) is 0 Å². The van der Waals surface area contributed by atoms with Crippen molar-refractivity contribution in [2.45, 2.75) is 51.0 Å². The highest BCUT2D eigenvalue weighted by atomic mass is 14.9. The molecule has 0 bridgehead atoms. The number of aryl methyl sites for hydroxylation is 1. The van der Waals surface area contributed by atoms with Gasteiger partial charge < -0.3 is 11.1 Å². The molecule has 1 aromatic carbocycles. The Morgan fingerprint density at radius 1 is 1.19 bits per heavy atom. The van der Waals surface area contributed by atoms with E-state index in [0.29, 0.717) is 6.04 Å². The first-order chi connectivity index (χ1) is 10.3. The number of nitrogens with one attached hydrogen (secondary N) is 1. The summed E-state index contributed by atoms with van der Waals surface area (Å²) in [6, 6.07) is 10.6. The molecule has 1 aromatic rings. The Balaban J connectivity index is 1.53. The number of benzene rings is 1. The maximum absolute atomic E-state index is 8.88. The van der Waals surface area contributed by atoms with Crippen LogP contribution in [0.15, 0.2) is 24.3 Å². The molecule has 3 heteroatoms. The molecule has 114 valence electrons. The van der Waals surface area contributed by atoms with Crippen molar-refractivity contribution in [3.63, 3.8) is 0 Å². The molecule has 0 aliphatic heterocycles. The number of hydrogen-bond acceptors (Lipinski definition) is 3. The minimum atomic E-state index is 0.449. The van der Waals surface area contributed by atoms with Crippen molar-refractivity contribution in [3.05, 3.63) is 35.4 Å². The molecule has 1 aliphatic rings. The fourth-order valence-electron chi connectivity index (χ4n) is 3.07. The third kappa shape index (κ3) is 5.87. The quantitative estimate of drug-likeness (QED) is 0.757. The predicted molar refractivity (Wildman–Crippen MR) is 86.9 cm³/mol. The molecule has 0 unspecified atom stereocenters. The van der Waals surface area contributed by atoms with Crippen molar-refractivity contribution >= 4 is 0 Å². The van der Waals surface area contributed by atoms with Crippen LogP contribution in [0.4, 0.5) is 0 Å². The van der Waals surface area contributed by atoms with E-state index in [1.165, 1.54) is 44.1 Å². The molecule has 21 heavy (non-hydrogen) atoms. The Labute approximate surface area is 128 Å². The van der Waals surface area contributed by atoms with E-state index in [1.54, 1.807) is 0 Å². The maximum atomic E-state index is 8.88. The van der Waals surface area contributed by atoms with E-state index in [9.17, 15) is 0 Å². The molecular weight excluding hydrogens is 258 g/mol. The summed E-state index contributed by atoms with van der Waals surface area (Å²) in [6.45, 7) is 2.25. The lowest BCUT2D eigenvalue weighted by molar-refractivity contribution is 0.314. The summed E-state index contributed by atoms with van der Waals surface area (Å²) < 4.78 is 0. The molecule has 2 rings (SSSR count). The molecule has 1 aliphatic carbocycles. The second kappa shape index (κ2) is 8.81. The molecule has 3 nitrogen and oxygen atoms in total. The average molecular weight is 285 g/mol. The number of rotatable bonds is 7. The van der Waals surface area contributed by atoms with Crippen molar-refractivity contribution in [3.8, 4) is 6.07 Å². The third-order valence-electron chi connectivity index (χ3n) is 4.45. The zero-order valence-corrected chi connectivity index (χ0v) is 12.9. The standard InChI is InChI=1S/C18H27N3/c19-13-17-6-3-5-15(12-17)4-1-2-11-21-14-16-7-9-18(20)10-8-16/h3,5-6,12,16,18,21H,1-2,4,7-11,14,20H2. The molecule has 0 spiro atoms. The van der Waals surface area contributed by atoms with Gasteiger partial charge in [0.05, 0.1) is 11.6 Å². The monoisotopic (exact) mass is 285 g/mol. The normalized spacial score (nSPS) is 21.9. The average Bonchev–Trinajstić information content (AvgIpc) is 2.52. The topological polar surface area (TPSA) is 61.8 Å². The molecule has 0 amide bonds. The van der Waals surface area contributed by atoms with E-state index in [0.717, 1.165) is 31.0 Å². The zero-order chi connectivity index (χ0) is 14.9. The SMILES string of the molecule is N#Cc1cccc(CCCCNCC2CCC(N)CC2)c1. The van der Waals surface area contributed by atoms with Crippen molar-refractivity contribution in [2.75, 3.05) is 13.1 Å². The van der Waals surface area contributed by atoms with Crippen LogP contribution in [0.5, 0.6) is 0 Å². The Morgan fingerprint density at radius 3 is 2.76 bits per heavy atom. The van der Waals surface area contributed by atoms with Gasteiger partial charge in [0.25, 0.3) is 0 Å². The maximum Gasteiger partial charge on any atom is 0.0991 e. The summed E-state index contributed by atoms with van der Waals surface area (Å²) in [4.78, 5) is 0. The van der Waals surface area contributed by atoms with E-state index < -0.39 is 0 Å². The third-order valence-corrected chi connectivity index (χ3v) is 4.45. The number of nitriles is 1. The molecule has 0 heterocycles.